The van der Waals surface area contributed by atoms with Gasteiger partial charge >= 0.3 is 0 Å². The summed E-state index contributed by atoms with van der Waals surface area (Å²) < 4.78 is 1.92. The lowest BCUT2D eigenvalue weighted by Gasteiger charge is -2.29. The van der Waals surface area contributed by atoms with Gasteiger partial charge in [0.1, 0.15) is 0 Å². The molecule has 0 aliphatic carbocycles. The molecule has 1 saturated heterocycles. The molecule has 1 aromatic rings. The maximum atomic E-state index is 12.2. The molecule has 1 aliphatic rings. The molecule has 0 saturated carbocycles. The van der Waals surface area contributed by atoms with Crippen molar-refractivity contribution in [1.82, 2.24) is 4.90 Å². The number of Topliss-reactive ketones (excluding diaryl/α,β-unsaturated/α-hetero) is 1. The number of thiophene rings is 1. The molecule has 2 rings (SSSR count). The lowest BCUT2D eigenvalue weighted by molar-refractivity contribution is 0.0933. The van der Waals surface area contributed by atoms with E-state index < -0.39 is 0 Å². The number of carbonyl (C=O) groups excluding carboxylic acids is 1. The average Bonchev–Trinajstić information content (AvgIpc) is 2.58. The van der Waals surface area contributed by atoms with Crippen LogP contribution in [0.25, 0.3) is 0 Å². The van der Waals surface area contributed by atoms with Gasteiger partial charge in [0.15, 0.2) is 5.78 Å². The summed E-state index contributed by atoms with van der Waals surface area (Å²) in [6.07, 6.45) is 0. The van der Waals surface area contributed by atoms with Gasteiger partial charge in [-0.05, 0) is 37.9 Å². The average molecular weight is 399 g/mol. The van der Waals surface area contributed by atoms with Gasteiger partial charge in [0.25, 0.3) is 0 Å². The zero-order chi connectivity index (χ0) is 12.4. The van der Waals surface area contributed by atoms with Gasteiger partial charge in [0.2, 0.25) is 0 Å². The Morgan fingerprint density at radius 3 is 2.94 bits per heavy atom. The third kappa shape index (κ3) is 3.80. The Kier molecular flexibility index (Phi) is 5.12. The van der Waals surface area contributed by atoms with E-state index in [4.69, 9.17) is 0 Å². The Bertz CT molecular complexity index is 422. The maximum absolute atomic E-state index is 12.2. The molecule has 1 aliphatic heterocycles. The van der Waals surface area contributed by atoms with Gasteiger partial charge in [-0.3, -0.25) is 9.69 Å². The number of hydrogen-bond donors (Lipinski definition) is 0. The minimum atomic E-state index is 0.206. The van der Waals surface area contributed by atoms with Gasteiger partial charge in [-0.1, -0.05) is 6.92 Å². The van der Waals surface area contributed by atoms with Crippen molar-refractivity contribution in [1.29, 1.82) is 0 Å². The zero-order valence-electron chi connectivity index (χ0n) is 9.41. The predicted molar refractivity (Wildman–Crippen MR) is 82.4 cm³/mol. The van der Waals surface area contributed by atoms with Gasteiger partial charge in [-0.2, -0.15) is 11.8 Å². The Morgan fingerprint density at radius 1 is 1.59 bits per heavy atom. The molecule has 94 valence electrons. The fourth-order valence-electron chi connectivity index (χ4n) is 1.85. The van der Waals surface area contributed by atoms with Crippen LogP contribution in [0.1, 0.15) is 17.3 Å². The van der Waals surface area contributed by atoms with E-state index in [-0.39, 0.29) is 5.78 Å². The number of ketones is 1. The predicted octanol–water partition coefficient (Wildman–Crippen LogP) is 3.89. The number of rotatable bonds is 3. The Morgan fingerprint density at radius 2 is 2.35 bits per heavy atom. The summed E-state index contributed by atoms with van der Waals surface area (Å²) in [4.78, 5) is 14.4. The molecule has 0 aromatic carbocycles. The molecule has 6 heteroatoms. The van der Waals surface area contributed by atoms with Crippen molar-refractivity contribution in [3.8, 4) is 0 Å². The van der Waals surface area contributed by atoms with Crippen molar-refractivity contribution in [3.05, 3.63) is 19.2 Å². The van der Waals surface area contributed by atoms with Crippen LogP contribution in [0.3, 0.4) is 0 Å². The second-order valence-corrected chi connectivity index (χ2v) is 9.37. The number of carbonyl (C=O) groups is 1. The fourth-order valence-corrected chi connectivity index (χ4v) is 5.79. The van der Waals surface area contributed by atoms with Crippen molar-refractivity contribution in [3.63, 3.8) is 0 Å². The summed E-state index contributed by atoms with van der Waals surface area (Å²) in [5.74, 6) is 1.33. The van der Waals surface area contributed by atoms with Gasteiger partial charge in [-0.25, -0.2) is 0 Å². The van der Waals surface area contributed by atoms with Crippen molar-refractivity contribution >= 4 is 60.7 Å². The van der Waals surface area contributed by atoms with E-state index in [1.165, 1.54) is 0 Å². The second kappa shape index (κ2) is 6.19. The molecular weight excluding hydrogens is 386 g/mol. The van der Waals surface area contributed by atoms with Crippen LogP contribution in [0.2, 0.25) is 0 Å². The van der Waals surface area contributed by atoms with Crippen molar-refractivity contribution in [2.45, 2.75) is 12.2 Å². The quantitative estimate of drug-likeness (QED) is 0.720. The largest absolute Gasteiger partial charge is 0.294 e. The molecule has 17 heavy (non-hydrogen) atoms. The first-order chi connectivity index (χ1) is 8.06. The van der Waals surface area contributed by atoms with Gasteiger partial charge in [0, 0.05) is 29.7 Å². The highest BCUT2D eigenvalue weighted by atomic mass is 79.9. The lowest BCUT2D eigenvalue weighted by Crippen LogP contribution is -2.39. The van der Waals surface area contributed by atoms with Crippen molar-refractivity contribution in [2.24, 2.45) is 0 Å². The van der Waals surface area contributed by atoms with Crippen LogP contribution >= 0.6 is 55.0 Å². The highest BCUT2D eigenvalue weighted by Gasteiger charge is 2.21. The first-order valence-electron chi connectivity index (χ1n) is 5.38. The molecule has 1 atom stereocenters. The molecule has 0 N–H and O–H groups in total. The molecule has 1 aromatic heterocycles. The third-order valence-corrected chi connectivity index (χ3v) is 6.13. The molecule has 0 radical (unpaired) electrons. The Balaban J connectivity index is 1.99. The molecule has 1 unspecified atom stereocenters. The molecule has 0 amide bonds. The van der Waals surface area contributed by atoms with Gasteiger partial charge < -0.3 is 0 Å². The minimum absolute atomic E-state index is 0.206. The van der Waals surface area contributed by atoms with Gasteiger partial charge in [0.05, 0.1) is 14.1 Å². The fraction of sp³-hybridized carbons (Fsp3) is 0.545. The molecule has 0 spiro atoms. The van der Waals surface area contributed by atoms with E-state index in [0.717, 1.165) is 32.0 Å². The van der Waals surface area contributed by atoms with Crippen LogP contribution < -0.4 is 0 Å². The monoisotopic (exact) mass is 397 g/mol. The van der Waals surface area contributed by atoms with E-state index in [1.54, 1.807) is 11.3 Å². The third-order valence-electron chi connectivity index (χ3n) is 2.65. The van der Waals surface area contributed by atoms with Crippen molar-refractivity contribution < 1.29 is 4.79 Å². The summed E-state index contributed by atoms with van der Waals surface area (Å²) in [5, 5.41) is 0.634. The number of hydrogen-bond acceptors (Lipinski definition) is 4. The van der Waals surface area contributed by atoms with Crippen LogP contribution in [-0.2, 0) is 0 Å². The van der Waals surface area contributed by atoms with Crippen molar-refractivity contribution in [2.75, 3.05) is 25.4 Å². The van der Waals surface area contributed by atoms with Crippen LogP contribution in [0.15, 0.2) is 13.6 Å². The van der Waals surface area contributed by atoms with E-state index in [9.17, 15) is 4.79 Å². The highest BCUT2D eigenvalue weighted by molar-refractivity contribution is 9.12. The van der Waals surface area contributed by atoms with Crippen LogP contribution in [0.4, 0.5) is 0 Å². The molecule has 2 nitrogen and oxygen atoms in total. The SMILES string of the molecule is CC1CN(CC(=O)c2cc(Br)sc2Br)CCS1. The number of nitrogens with zero attached hydrogens (tertiary/aromatic N) is 1. The molecule has 1 fully saturated rings. The van der Waals surface area contributed by atoms with Crippen LogP contribution in [-0.4, -0.2) is 41.3 Å². The van der Waals surface area contributed by atoms with E-state index >= 15 is 0 Å². The van der Waals surface area contributed by atoms with Gasteiger partial charge in [-0.15, -0.1) is 11.3 Å². The normalized spacial score (nSPS) is 21.7. The highest BCUT2D eigenvalue weighted by Crippen LogP contribution is 2.32. The van der Waals surface area contributed by atoms with Crippen LogP contribution in [0.5, 0.6) is 0 Å². The summed E-state index contributed by atoms with van der Waals surface area (Å²) in [7, 11) is 0. The molecule has 0 bridgehead atoms. The first kappa shape index (κ1) is 14.1. The zero-order valence-corrected chi connectivity index (χ0v) is 14.2. The lowest BCUT2D eigenvalue weighted by atomic mass is 10.2. The topological polar surface area (TPSA) is 20.3 Å². The number of thioether (sulfide) groups is 1. The smallest absolute Gasteiger partial charge is 0.178 e. The Hall–Kier alpha value is 0.640. The van der Waals surface area contributed by atoms with Crippen LogP contribution in [0, 0.1) is 0 Å². The summed E-state index contributed by atoms with van der Waals surface area (Å²) >= 11 is 10.4. The summed E-state index contributed by atoms with van der Waals surface area (Å²) in [5.41, 5.74) is 0.799. The van der Waals surface area contributed by atoms with E-state index in [2.05, 4.69) is 43.7 Å². The first-order valence-corrected chi connectivity index (χ1v) is 8.83. The molecule has 2 heterocycles. The summed E-state index contributed by atoms with van der Waals surface area (Å²) in [6.45, 7) is 4.79. The number of halogens is 2. The minimum Gasteiger partial charge on any atom is -0.294 e. The standard InChI is InChI=1S/C11H13Br2NOS2/c1-7-5-14(2-3-16-7)6-9(15)8-4-10(12)17-11(8)13/h4,7H,2-3,5-6H2,1H3. The molecular formula is C11H13Br2NOS2. The second-order valence-electron chi connectivity index (χ2n) is 4.08. The van der Waals surface area contributed by atoms with E-state index in [0.29, 0.717) is 11.8 Å². The summed E-state index contributed by atoms with van der Waals surface area (Å²) in [6, 6.07) is 1.90. The van der Waals surface area contributed by atoms with E-state index in [1.807, 2.05) is 17.8 Å². The Labute approximate surface area is 126 Å². The maximum Gasteiger partial charge on any atom is 0.178 e.